The molecule has 0 unspecified atom stereocenters. The number of hydrogen-bond donors (Lipinski definition) is 0. The molecule has 3 aromatic rings. The van der Waals surface area contributed by atoms with Crippen LogP contribution >= 0.6 is 11.6 Å². The molecule has 0 radical (unpaired) electrons. The molecule has 0 aliphatic carbocycles. The number of halogens is 1. The zero-order valence-corrected chi connectivity index (χ0v) is 16.4. The average molecular weight is 395 g/mol. The van der Waals surface area contributed by atoms with E-state index in [9.17, 15) is 4.79 Å². The first-order valence-electron chi connectivity index (χ1n) is 9.61. The molecule has 1 amide bonds. The molecule has 1 aliphatic rings. The number of amides is 1. The van der Waals surface area contributed by atoms with Crippen molar-refractivity contribution in [2.45, 2.75) is 13.0 Å². The topological polar surface area (TPSA) is 36.7 Å². The summed E-state index contributed by atoms with van der Waals surface area (Å²) < 4.78 is 5.84. The first-order valence-corrected chi connectivity index (χ1v) is 9.99. The summed E-state index contributed by atoms with van der Waals surface area (Å²) in [4.78, 5) is 17.2. The van der Waals surface area contributed by atoms with Gasteiger partial charge in [0.2, 0.25) is 0 Å². The highest BCUT2D eigenvalue weighted by molar-refractivity contribution is 6.33. The fourth-order valence-corrected chi connectivity index (χ4v) is 3.82. The van der Waals surface area contributed by atoms with Crippen molar-refractivity contribution in [3.8, 4) is 11.3 Å². The van der Waals surface area contributed by atoms with Gasteiger partial charge in [0.25, 0.3) is 5.91 Å². The Hall–Kier alpha value is -2.56. The smallest absolute Gasteiger partial charge is 0.289 e. The van der Waals surface area contributed by atoms with Crippen LogP contribution in [-0.4, -0.2) is 41.9 Å². The summed E-state index contributed by atoms with van der Waals surface area (Å²) in [6, 6.07) is 21.5. The van der Waals surface area contributed by atoms with Gasteiger partial charge in [-0.05, 0) is 36.2 Å². The second-order valence-electron chi connectivity index (χ2n) is 7.05. The highest BCUT2D eigenvalue weighted by Crippen LogP contribution is 2.29. The Bertz CT molecular complexity index is 939. The van der Waals surface area contributed by atoms with Crippen molar-refractivity contribution < 1.29 is 9.21 Å². The van der Waals surface area contributed by atoms with Gasteiger partial charge in [0.1, 0.15) is 5.76 Å². The van der Waals surface area contributed by atoms with E-state index in [1.807, 2.05) is 41.3 Å². The fourth-order valence-electron chi connectivity index (χ4n) is 3.59. The molecule has 2 heterocycles. The molecule has 28 heavy (non-hydrogen) atoms. The van der Waals surface area contributed by atoms with Crippen molar-refractivity contribution >= 4 is 17.5 Å². The molecule has 1 saturated heterocycles. The Morgan fingerprint density at radius 2 is 1.68 bits per heavy atom. The molecule has 1 aromatic heterocycles. The number of benzene rings is 2. The minimum atomic E-state index is -0.0557. The number of carbonyl (C=O) groups is 1. The second-order valence-corrected chi connectivity index (χ2v) is 7.46. The van der Waals surface area contributed by atoms with Gasteiger partial charge in [-0.3, -0.25) is 9.69 Å². The summed E-state index contributed by atoms with van der Waals surface area (Å²) in [6.07, 6.45) is 0.955. The predicted octanol–water partition coefficient (Wildman–Crippen LogP) is 4.95. The molecule has 0 saturated carbocycles. The number of carbonyl (C=O) groups excluding carboxylic acids is 1. The van der Waals surface area contributed by atoms with Gasteiger partial charge in [0, 0.05) is 38.3 Å². The van der Waals surface area contributed by atoms with Gasteiger partial charge < -0.3 is 9.32 Å². The van der Waals surface area contributed by atoms with E-state index in [0.717, 1.165) is 38.2 Å². The lowest BCUT2D eigenvalue weighted by Crippen LogP contribution is -2.34. The number of nitrogens with zero attached hydrogens (tertiary/aromatic N) is 2. The standard InChI is InChI=1S/C23H23ClN2O2/c24-20-10-5-4-9-19(20)21-11-12-22(28-21)23(27)26-14-6-13-25(15-16-26)17-18-7-2-1-3-8-18/h1-5,7-12H,6,13-17H2. The molecule has 144 valence electrons. The molecular formula is C23H23ClN2O2. The minimum absolute atomic E-state index is 0.0557. The minimum Gasteiger partial charge on any atom is -0.451 e. The van der Waals surface area contributed by atoms with Crippen LogP contribution in [0, 0.1) is 0 Å². The largest absolute Gasteiger partial charge is 0.451 e. The molecule has 0 N–H and O–H groups in total. The van der Waals surface area contributed by atoms with Crippen molar-refractivity contribution in [1.29, 1.82) is 0 Å². The van der Waals surface area contributed by atoms with Crippen LogP contribution in [0.15, 0.2) is 71.1 Å². The molecule has 0 bridgehead atoms. The van der Waals surface area contributed by atoms with Crippen LogP contribution in [0.25, 0.3) is 11.3 Å². The van der Waals surface area contributed by atoms with Crippen LogP contribution < -0.4 is 0 Å². The Morgan fingerprint density at radius 1 is 0.893 bits per heavy atom. The van der Waals surface area contributed by atoms with Crippen LogP contribution in [0.4, 0.5) is 0 Å². The molecule has 0 atom stereocenters. The van der Waals surface area contributed by atoms with Crippen molar-refractivity contribution in [3.05, 3.63) is 83.1 Å². The molecule has 5 heteroatoms. The normalized spacial score (nSPS) is 15.4. The monoisotopic (exact) mass is 394 g/mol. The summed E-state index contributed by atoms with van der Waals surface area (Å²) in [5, 5.41) is 0.613. The Labute approximate surface area is 170 Å². The molecule has 1 aliphatic heterocycles. The maximum Gasteiger partial charge on any atom is 0.289 e. The highest BCUT2D eigenvalue weighted by Gasteiger charge is 2.23. The maximum atomic E-state index is 12.9. The van der Waals surface area contributed by atoms with Gasteiger partial charge >= 0.3 is 0 Å². The van der Waals surface area contributed by atoms with E-state index in [2.05, 4.69) is 29.2 Å². The summed E-state index contributed by atoms with van der Waals surface area (Å²) in [7, 11) is 0. The van der Waals surface area contributed by atoms with Crippen molar-refractivity contribution in [3.63, 3.8) is 0 Å². The Balaban J connectivity index is 1.41. The third-order valence-electron chi connectivity index (χ3n) is 5.08. The Morgan fingerprint density at radius 3 is 2.50 bits per heavy atom. The van der Waals surface area contributed by atoms with E-state index < -0.39 is 0 Å². The quantitative estimate of drug-likeness (QED) is 0.628. The van der Waals surface area contributed by atoms with E-state index in [1.54, 1.807) is 6.07 Å². The number of hydrogen-bond acceptors (Lipinski definition) is 3. The second kappa shape index (κ2) is 8.63. The third-order valence-corrected chi connectivity index (χ3v) is 5.41. The lowest BCUT2D eigenvalue weighted by Gasteiger charge is -2.21. The zero-order valence-electron chi connectivity index (χ0n) is 15.7. The lowest BCUT2D eigenvalue weighted by atomic mass is 10.2. The summed E-state index contributed by atoms with van der Waals surface area (Å²) in [5.74, 6) is 0.931. The van der Waals surface area contributed by atoms with Crippen molar-refractivity contribution in [1.82, 2.24) is 9.80 Å². The molecule has 1 fully saturated rings. The van der Waals surface area contributed by atoms with Gasteiger partial charge in [-0.2, -0.15) is 0 Å². The van der Waals surface area contributed by atoms with E-state index in [4.69, 9.17) is 16.0 Å². The SMILES string of the molecule is O=C(c1ccc(-c2ccccc2Cl)o1)N1CCCN(Cc2ccccc2)CC1. The van der Waals surface area contributed by atoms with E-state index in [-0.39, 0.29) is 5.91 Å². The van der Waals surface area contributed by atoms with Gasteiger partial charge in [-0.15, -0.1) is 0 Å². The molecule has 4 rings (SSSR count). The van der Waals surface area contributed by atoms with Crippen LogP contribution in [-0.2, 0) is 6.54 Å². The molecule has 0 spiro atoms. The van der Waals surface area contributed by atoms with Gasteiger partial charge in [-0.25, -0.2) is 0 Å². The highest BCUT2D eigenvalue weighted by atomic mass is 35.5. The zero-order chi connectivity index (χ0) is 19.3. The lowest BCUT2D eigenvalue weighted by molar-refractivity contribution is 0.0730. The van der Waals surface area contributed by atoms with Crippen molar-refractivity contribution in [2.75, 3.05) is 26.2 Å². The maximum absolute atomic E-state index is 12.9. The predicted molar refractivity (Wildman–Crippen MR) is 111 cm³/mol. The van der Waals surface area contributed by atoms with Gasteiger partial charge in [0.05, 0.1) is 5.02 Å². The summed E-state index contributed by atoms with van der Waals surface area (Å²) >= 11 is 6.24. The first-order chi connectivity index (χ1) is 13.7. The summed E-state index contributed by atoms with van der Waals surface area (Å²) in [5.41, 5.74) is 2.10. The fraction of sp³-hybridized carbons (Fsp3) is 0.261. The van der Waals surface area contributed by atoms with Crippen molar-refractivity contribution in [2.24, 2.45) is 0 Å². The molecular weight excluding hydrogens is 372 g/mol. The van der Waals surface area contributed by atoms with E-state index in [1.165, 1.54) is 5.56 Å². The Kier molecular flexibility index (Phi) is 5.79. The van der Waals surface area contributed by atoms with Crippen LogP contribution in [0.5, 0.6) is 0 Å². The number of rotatable bonds is 4. The van der Waals surface area contributed by atoms with E-state index in [0.29, 0.717) is 23.1 Å². The van der Waals surface area contributed by atoms with Crippen LogP contribution in [0.2, 0.25) is 5.02 Å². The average Bonchev–Trinajstić information content (AvgIpc) is 3.09. The van der Waals surface area contributed by atoms with E-state index >= 15 is 0 Å². The first kappa shape index (κ1) is 18.8. The molecule has 4 nitrogen and oxygen atoms in total. The van der Waals surface area contributed by atoms with Gasteiger partial charge in [0.15, 0.2) is 5.76 Å². The number of furan rings is 1. The van der Waals surface area contributed by atoms with Crippen LogP contribution in [0.1, 0.15) is 22.5 Å². The summed E-state index contributed by atoms with van der Waals surface area (Å²) in [6.45, 7) is 4.21. The van der Waals surface area contributed by atoms with Gasteiger partial charge in [-0.1, -0.05) is 54.1 Å². The third kappa shape index (κ3) is 4.29. The molecule has 2 aromatic carbocycles. The van der Waals surface area contributed by atoms with Crippen LogP contribution in [0.3, 0.4) is 0 Å².